The van der Waals surface area contributed by atoms with Crippen molar-refractivity contribution in [1.29, 1.82) is 0 Å². The van der Waals surface area contributed by atoms with E-state index in [2.05, 4.69) is 37.2 Å². The summed E-state index contributed by atoms with van der Waals surface area (Å²) in [4.78, 5) is 187. The number of nitrogens with zero attached hydrogens (tertiary/aromatic N) is 7. The number of unbranched alkanes of at least 4 members (excludes halogenated alkanes) is 11. The van der Waals surface area contributed by atoms with Gasteiger partial charge in [0, 0.05) is 110 Å². The molecule has 0 saturated carbocycles. The van der Waals surface area contributed by atoms with Gasteiger partial charge in [0.15, 0.2) is 0 Å². The number of carboxylic acids is 10. The van der Waals surface area contributed by atoms with Crippen LogP contribution in [-0.2, 0) is 76.8 Å². The molecule has 17 N–H and O–H groups in total. The molecule has 0 spiro atoms. The highest BCUT2D eigenvalue weighted by Crippen LogP contribution is 2.19. The van der Waals surface area contributed by atoms with Crippen molar-refractivity contribution >= 4 is 89.5 Å². The number of benzene rings is 1. The third-order valence-electron chi connectivity index (χ3n) is 17.3. The number of carboxylic acid groups (broad SMARTS) is 10. The summed E-state index contributed by atoms with van der Waals surface area (Å²) in [6, 6.07) is -0.915. The summed E-state index contributed by atoms with van der Waals surface area (Å²) < 4.78 is 0. The maximum Gasteiger partial charge on any atom is 0.326 e. The van der Waals surface area contributed by atoms with E-state index in [1.807, 2.05) is 24.3 Å². The molecule has 592 valence electrons. The Kier molecular flexibility index (Phi) is 43.7. The summed E-state index contributed by atoms with van der Waals surface area (Å²) in [6.07, 6.45) is 9.81. The van der Waals surface area contributed by atoms with Gasteiger partial charge < -0.3 is 88.3 Å². The standard InChI is InChI=1S/C68H106N14O24/c83-54(69-29-14-11-16-48(62(97)98)72-67(105)74-50(64(101)102)25-27-56(85)86)19-9-5-2-1-4-8-18-52-76-53(78-66(77-52)71-31-13-7-3-6-10-20-55(84)70-30-15-12-17-49(63(99)100)73-68(106)75-51(65(103)104)26-28-57(87)88)39-46-23-21-45(22-24-46)38-47-40-81(43-60(93)94)35-34-79(41-58(89)90)32-33-80(42-59(91)92)36-37-82(47)44-61(95)96/h21-24,47-51H,1-20,25-44H2,(H,69,83)(H,70,84)(H,85,86)(H,87,88)(H,89,90)(H,91,92)(H,93,94)(H,95,96)(H,97,98)(H,99,100)(H,101,102)(H,103,104)(H2,72,74,105)(H2,73,75,106)(H,71,76,77,78)/t47?,48-,49-,50-,51-/m0/s1. The summed E-state index contributed by atoms with van der Waals surface area (Å²) in [5, 5.41) is 112. The summed E-state index contributed by atoms with van der Waals surface area (Å²) in [6.45, 7) is 0.543. The molecule has 106 heavy (non-hydrogen) atoms. The lowest BCUT2D eigenvalue weighted by Crippen LogP contribution is -2.53. The molecule has 1 aliphatic heterocycles. The Hall–Kier alpha value is -9.95. The molecule has 1 aromatic carbocycles. The van der Waals surface area contributed by atoms with Gasteiger partial charge >= 0.3 is 71.8 Å². The van der Waals surface area contributed by atoms with E-state index in [-0.39, 0.29) is 116 Å². The Morgan fingerprint density at radius 3 is 1.20 bits per heavy atom. The number of amides is 6. The Bertz CT molecular complexity index is 3040. The summed E-state index contributed by atoms with van der Waals surface area (Å²) in [5.74, 6) is -11.5. The highest BCUT2D eigenvalue weighted by molar-refractivity contribution is 5.87. The van der Waals surface area contributed by atoms with Gasteiger partial charge in [0.05, 0.1) is 26.2 Å². The minimum absolute atomic E-state index is 0.00979. The second-order valence-electron chi connectivity index (χ2n) is 26.1. The zero-order valence-corrected chi connectivity index (χ0v) is 59.8. The zero-order valence-electron chi connectivity index (χ0n) is 59.8. The molecule has 2 heterocycles. The highest BCUT2D eigenvalue weighted by Gasteiger charge is 2.30. The van der Waals surface area contributed by atoms with Crippen LogP contribution in [0.1, 0.15) is 170 Å². The normalized spacial score (nSPS) is 15.2. The van der Waals surface area contributed by atoms with Crippen LogP contribution in [0.3, 0.4) is 0 Å². The molecule has 0 bridgehead atoms. The van der Waals surface area contributed by atoms with E-state index in [9.17, 15) is 108 Å². The van der Waals surface area contributed by atoms with Crippen LogP contribution in [-0.4, -0.2) is 291 Å². The van der Waals surface area contributed by atoms with Crippen LogP contribution in [0.5, 0.6) is 0 Å². The molecule has 2 aromatic rings. The van der Waals surface area contributed by atoms with E-state index in [1.165, 1.54) is 0 Å². The minimum Gasteiger partial charge on any atom is -0.481 e. The van der Waals surface area contributed by atoms with E-state index in [1.54, 1.807) is 19.6 Å². The third-order valence-corrected chi connectivity index (χ3v) is 17.3. The molecule has 5 atom stereocenters. The summed E-state index contributed by atoms with van der Waals surface area (Å²) in [7, 11) is 0. The van der Waals surface area contributed by atoms with Crippen molar-refractivity contribution in [2.45, 2.75) is 197 Å². The van der Waals surface area contributed by atoms with Gasteiger partial charge in [-0.2, -0.15) is 9.97 Å². The van der Waals surface area contributed by atoms with Gasteiger partial charge in [0.25, 0.3) is 0 Å². The van der Waals surface area contributed by atoms with Crippen molar-refractivity contribution in [3.05, 3.63) is 47.0 Å². The first-order chi connectivity index (χ1) is 50.4. The van der Waals surface area contributed by atoms with Gasteiger partial charge in [-0.3, -0.25) is 58.0 Å². The number of hydrogen-bond acceptors (Lipinski definition) is 22. The molecule has 1 fully saturated rings. The fraction of sp³-hybridized carbons (Fsp3) is 0.662. The maximum absolute atomic E-state index is 12.6. The Balaban J connectivity index is 1.61. The van der Waals surface area contributed by atoms with Gasteiger partial charge in [-0.15, -0.1) is 0 Å². The fourth-order valence-corrected chi connectivity index (χ4v) is 11.6. The Labute approximate surface area is 613 Å². The van der Waals surface area contributed by atoms with Gasteiger partial charge in [0.1, 0.15) is 35.8 Å². The summed E-state index contributed by atoms with van der Waals surface area (Å²) >= 11 is 0. The molecule has 1 aliphatic rings. The van der Waals surface area contributed by atoms with E-state index >= 15 is 0 Å². The number of aryl methyl sites for hydroxylation is 1. The van der Waals surface area contributed by atoms with Crippen LogP contribution in [0.25, 0.3) is 0 Å². The number of carbonyl (C=O) groups is 14. The number of urea groups is 2. The third kappa shape index (κ3) is 42.1. The molecule has 1 aromatic heterocycles. The van der Waals surface area contributed by atoms with E-state index in [0.29, 0.717) is 75.5 Å². The number of rotatable bonds is 54. The largest absolute Gasteiger partial charge is 0.481 e. The van der Waals surface area contributed by atoms with Crippen molar-refractivity contribution in [3.8, 4) is 0 Å². The van der Waals surface area contributed by atoms with Crippen molar-refractivity contribution < 1.29 is 118 Å². The molecule has 1 unspecified atom stereocenters. The first-order valence-electron chi connectivity index (χ1n) is 35.8. The molecule has 38 nitrogen and oxygen atoms in total. The van der Waals surface area contributed by atoms with Crippen LogP contribution in [0, 0.1) is 0 Å². The van der Waals surface area contributed by atoms with Crippen molar-refractivity contribution in [2.24, 2.45) is 0 Å². The zero-order chi connectivity index (χ0) is 78.3. The van der Waals surface area contributed by atoms with Gasteiger partial charge in [-0.25, -0.2) is 33.8 Å². The fourth-order valence-electron chi connectivity index (χ4n) is 11.6. The lowest BCUT2D eigenvalue weighted by molar-refractivity contribution is -0.142. The first kappa shape index (κ1) is 90.3. The van der Waals surface area contributed by atoms with Crippen LogP contribution >= 0.6 is 0 Å². The molecule has 6 amide bonds. The number of carbonyl (C=O) groups excluding carboxylic acids is 4. The molecule has 0 radical (unpaired) electrons. The van der Waals surface area contributed by atoms with Crippen LogP contribution in [0.15, 0.2) is 24.3 Å². The minimum atomic E-state index is -1.53. The SMILES string of the molecule is O=C(O)CC[C@H](NC(=O)N[C@@H](CCCCNC(=O)CCCCCCCCc1nc(Cc2ccc(CC3CN(CC(=O)O)CCN(CC(=O)O)CCN(CC(=O)O)CCN3CC(=O)O)cc2)nc(NCCCCCCCC(=O)NCCCC[C@H](NC(=O)N[C@@H](CCC(=O)O)C(=O)O)C(=O)O)n1)C(=O)O)C(=O)O. The number of aliphatic carboxylic acids is 10. The van der Waals surface area contributed by atoms with Crippen LogP contribution in [0.4, 0.5) is 15.5 Å². The van der Waals surface area contributed by atoms with Crippen molar-refractivity contribution in [3.63, 3.8) is 0 Å². The van der Waals surface area contributed by atoms with E-state index < -0.39 is 141 Å². The summed E-state index contributed by atoms with van der Waals surface area (Å²) in [5.41, 5.74) is 1.64. The molecular formula is C68H106N14O24. The maximum atomic E-state index is 12.6. The monoisotopic (exact) mass is 1500 g/mol. The molecule has 1 saturated heterocycles. The Morgan fingerprint density at radius 1 is 0.377 bits per heavy atom. The van der Waals surface area contributed by atoms with E-state index in [4.69, 9.17) is 25.2 Å². The average molecular weight is 1500 g/mol. The van der Waals surface area contributed by atoms with Crippen molar-refractivity contribution in [2.75, 3.05) is 96.9 Å². The quantitative estimate of drug-likeness (QED) is 0.0419. The second-order valence-corrected chi connectivity index (χ2v) is 26.1. The predicted molar refractivity (Wildman–Crippen MR) is 377 cm³/mol. The number of hydrogen-bond donors (Lipinski definition) is 17. The topological polar surface area (TPSA) is 577 Å². The van der Waals surface area contributed by atoms with Gasteiger partial charge in [-0.1, -0.05) is 69.2 Å². The molecular weight excluding hydrogens is 1400 g/mol. The van der Waals surface area contributed by atoms with Gasteiger partial charge in [0.2, 0.25) is 17.8 Å². The number of aromatic nitrogens is 3. The average Bonchev–Trinajstić information content (AvgIpc) is 0.847. The highest BCUT2D eigenvalue weighted by atomic mass is 16.4. The van der Waals surface area contributed by atoms with Crippen molar-refractivity contribution in [1.82, 2.24) is 66.5 Å². The lowest BCUT2D eigenvalue weighted by atomic mass is 10.0. The second kappa shape index (κ2) is 51.3. The first-order valence-corrected chi connectivity index (χ1v) is 35.8. The Morgan fingerprint density at radius 2 is 0.755 bits per heavy atom. The molecule has 38 heteroatoms. The molecule has 0 aliphatic carbocycles. The smallest absolute Gasteiger partial charge is 0.326 e. The van der Waals surface area contributed by atoms with Crippen LogP contribution in [0.2, 0.25) is 0 Å². The lowest BCUT2D eigenvalue weighted by Gasteiger charge is -2.37. The number of anilines is 1. The van der Waals surface area contributed by atoms with E-state index in [0.717, 1.165) is 68.9 Å². The molecule has 3 rings (SSSR count). The van der Waals surface area contributed by atoms with Gasteiger partial charge in [-0.05, 0) is 94.6 Å². The van der Waals surface area contributed by atoms with Crippen LogP contribution < -0.4 is 37.2 Å². The number of nitrogens with one attached hydrogen (secondary N) is 7. The predicted octanol–water partition coefficient (Wildman–Crippen LogP) is 1.67.